The van der Waals surface area contributed by atoms with Crippen LogP contribution >= 0.6 is 0 Å². The highest BCUT2D eigenvalue weighted by atomic mass is 19.1. The Bertz CT molecular complexity index is 823. The number of hydrogen-bond donors (Lipinski definition) is 2. The fraction of sp³-hybridized carbons (Fsp3) is 0.118. The Morgan fingerprint density at radius 2 is 2.04 bits per heavy atom. The molecule has 0 saturated carbocycles. The lowest BCUT2D eigenvalue weighted by Crippen LogP contribution is -2.28. The molecule has 0 saturated heterocycles. The maximum absolute atomic E-state index is 13.2. The van der Waals surface area contributed by atoms with E-state index in [1.165, 1.54) is 18.3 Å². The molecular weight excluding hydrogens is 295 g/mol. The van der Waals surface area contributed by atoms with Crippen LogP contribution < -0.4 is 10.6 Å². The fourth-order valence-electron chi connectivity index (χ4n) is 2.25. The van der Waals surface area contributed by atoms with Crippen molar-refractivity contribution in [3.63, 3.8) is 0 Å². The zero-order valence-corrected chi connectivity index (χ0v) is 12.3. The van der Waals surface area contributed by atoms with Crippen molar-refractivity contribution >= 4 is 22.5 Å². The molecule has 0 aliphatic heterocycles. The third-order valence-electron chi connectivity index (χ3n) is 3.35. The van der Waals surface area contributed by atoms with Gasteiger partial charge < -0.3 is 10.6 Å². The first-order valence-corrected chi connectivity index (χ1v) is 7.20. The van der Waals surface area contributed by atoms with Crippen LogP contribution in [0.3, 0.4) is 0 Å². The number of nitrogens with zero attached hydrogens (tertiary/aromatic N) is 2. The van der Waals surface area contributed by atoms with E-state index in [0.717, 1.165) is 11.1 Å². The number of pyridine rings is 2. The van der Waals surface area contributed by atoms with Crippen LogP contribution in [0.4, 0.5) is 10.1 Å². The molecule has 0 bridgehead atoms. The Hall–Kier alpha value is -3.02. The van der Waals surface area contributed by atoms with Crippen LogP contribution in [0, 0.1) is 5.82 Å². The quantitative estimate of drug-likeness (QED) is 0.711. The van der Waals surface area contributed by atoms with Gasteiger partial charge in [-0.25, -0.2) is 4.39 Å². The summed E-state index contributed by atoms with van der Waals surface area (Å²) in [5.74, 6) is -0.479. The molecule has 2 N–H and O–H groups in total. The van der Waals surface area contributed by atoms with Gasteiger partial charge in [-0.3, -0.25) is 14.8 Å². The van der Waals surface area contributed by atoms with Crippen molar-refractivity contribution in [2.75, 3.05) is 18.4 Å². The third kappa shape index (κ3) is 3.60. The molecular formula is C17H15FN4O. The number of nitrogens with one attached hydrogen (secondary N) is 2. The summed E-state index contributed by atoms with van der Waals surface area (Å²) in [6.07, 6.45) is 4.77. The summed E-state index contributed by atoms with van der Waals surface area (Å²) in [6.45, 7) is 1.00. The molecule has 3 rings (SSSR count). The van der Waals surface area contributed by atoms with Crippen LogP contribution in [-0.2, 0) is 0 Å². The average Bonchev–Trinajstić information content (AvgIpc) is 2.59. The van der Waals surface area contributed by atoms with E-state index in [1.807, 2.05) is 6.07 Å². The van der Waals surface area contributed by atoms with E-state index < -0.39 is 0 Å². The van der Waals surface area contributed by atoms with Crippen molar-refractivity contribution in [1.29, 1.82) is 0 Å². The zero-order valence-electron chi connectivity index (χ0n) is 12.3. The van der Waals surface area contributed by atoms with Gasteiger partial charge in [-0.05, 0) is 30.3 Å². The highest BCUT2D eigenvalue weighted by Crippen LogP contribution is 2.21. The molecule has 6 heteroatoms. The Kier molecular flexibility index (Phi) is 4.42. The number of carbonyl (C=O) groups excluding carboxylic acids is 1. The van der Waals surface area contributed by atoms with E-state index in [-0.39, 0.29) is 11.7 Å². The van der Waals surface area contributed by atoms with E-state index >= 15 is 0 Å². The van der Waals surface area contributed by atoms with Crippen LogP contribution in [-0.4, -0.2) is 29.0 Å². The second-order valence-corrected chi connectivity index (χ2v) is 4.94. The van der Waals surface area contributed by atoms with E-state index in [2.05, 4.69) is 20.6 Å². The van der Waals surface area contributed by atoms with Crippen LogP contribution in [0.5, 0.6) is 0 Å². The molecule has 0 aliphatic carbocycles. The van der Waals surface area contributed by atoms with Crippen LogP contribution in [0.1, 0.15) is 10.4 Å². The zero-order chi connectivity index (χ0) is 16.1. The molecule has 0 fully saturated rings. The minimum atomic E-state index is -0.314. The van der Waals surface area contributed by atoms with Gasteiger partial charge in [0, 0.05) is 48.8 Å². The molecule has 0 atom stereocenters. The Labute approximate surface area is 132 Å². The number of benzene rings is 1. The van der Waals surface area contributed by atoms with Gasteiger partial charge in [0.05, 0.1) is 11.1 Å². The van der Waals surface area contributed by atoms with E-state index in [9.17, 15) is 9.18 Å². The van der Waals surface area contributed by atoms with Gasteiger partial charge in [0.15, 0.2) is 0 Å². The molecule has 0 unspecified atom stereocenters. The number of rotatable bonds is 5. The summed E-state index contributed by atoms with van der Waals surface area (Å²) in [5.41, 5.74) is 1.97. The first kappa shape index (κ1) is 14.9. The van der Waals surface area contributed by atoms with Gasteiger partial charge in [0.1, 0.15) is 5.82 Å². The van der Waals surface area contributed by atoms with Crippen LogP contribution in [0.25, 0.3) is 10.9 Å². The normalized spacial score (nSPS) is 10.5. The Morgan fingerprint density at radius 3 is 2.87 bits per heavy atom. The Morgan fingerprint density at radius 1 is 1.13 bits per heavy atom. The highest BCUT2D eigenvalue weighted by molar-refractivity contribution is 5.94. The van der Waals surface area contributed by atoms with Gasteiger partial charge >= 0.3 is 0 Å². The number of halogens is 1. The monoisotopic (exact) mass is 310 g/mol. The largest absolute Gasteiger partial charge is 0.383 e. The van der Waals surface area contributed by atoms with Crippen molar-refractivity contribution in [3.8, 4) is 0 Å². The van der Waals surface area contributed by atoms with E-state index in [0.29, 0.717) is 24.2 Å². The molecule has 2 aromatic heterocycles. The topological polar surface area (TPSA) is 66.9 Å². The Balaban J connectivity index is 1.58. The van der Waals surface area contributed by atoms with Crippen molar-refractivity contribution in [2.24, 2.45) is 0 Å². The number of amides is 1. The number of hydrogen-bond acceptors (Lipinski definition) is 4. The van der Waals surface area contributed by atoms with Crippen LogP contribution in [0.2, 0.25) is 0 Å². The maximum Gasteiger partial charge on any atom is 0.252 e. The molecule has 5 nitrogen and oxygen atoms in total. The molecule has 1 amide bonds. The van der Waals surface area contributed by atoms with Gasteiger partial charge in [-0.2, -0.15) is 0 Å². The number of carbonyl (C=O) groups is 1. The predicted molar refractivity (Wildman–Crippen MR) is 86.8 cm³/mol. The lowest BCUT2D eigenvalue weighted by atomic mass is 10.2. The van der Waals surface area contributed by atoms with E-state index in [4.69, 9.17) is 0 Å². The minimum Gasteiger partial charge on any atom is -0.383 e. The predicted octanol–water partition coefficient (Wildman–Crippen LogP) is 2.61. The summed E-state index contributed by atoms with van der Waals surface area (Å²) >= 11 is 0. The van der Waals surface area contributed by atoms with Gasteiger partial charge in [0.2, 0.25) is 0 Å². The fourth-order valence-corrected chi connectivity index (χ4v) is 2.25. The number of fused-ring (bicyclic) bond motifs is 1. The summed E-state index contributed by atoms with van der Waals surface area (Å²) in [6, 6.07) is 9.73. The molecule has 3 aromatic rings. The van der Waals surface area contributed by atoms with E-state index in [1.54, 1.807) is 30.6 Å². The van der Waals surface area contributed by atoms with Gasteiger partial charge in [-0.1, -0.05) is 0 Å². The SMILES string of the molecule is O=C(NCCNc1ccnc2cc(F)ccc12)c1cccnc1. The molecule has 2 heterocycles. The first-order chi connectivity index (χ1) is 11.2. The summed E-state index contributed by atoms with van der Waals surface area (Å²) in [7, 11) is 0. The lowest BCUT2D eigenvalue weighted by molar-refractivity contribution is 0.0955. The second kappa shape index (κ2) is 6.83. The molecule has 0 spiro atoms. The number of aromatic nitrogens is 2. The summed E-state index contributed by atoms with van der Waals surface area (Å²) in [4.78, 5) is 19.9. The smallest absolute Gasteiger partial charge is 0.252 e. The van der Waals surface area contributed by atoms with Gasteiger partial charge in [-0.15, -0.1) is 0 Å². The summed E-state index contributed by atoms with van der Waals surface area (Å²) in [5, 5.41) is 6.87. The van der Waals surface area contributed by atoms with Crippen LogP contribution in [0.15, 0.2) is 55.0 Å². The lowest BCUT2D eigenvalue weighted by Gasteiger charge is -2.10. The standard InChI is InChI=1S/C17H15FN4O/c18-13-3-4-14-15(5-7-20-16(14)10-13)21-8-9-22-17(23)12-2-1-6-19-11-12/h1-7,10-11H,8-9H2,(H,20,21)(H,22,23). The molecule has 23 heavy (non-hydrogen) atoms. The van der Waals surface area contributed by atoms with Crippen molar-refractivity contribution in [1.82, 2.24) is 15.3 Å². The average molecular weight is 310 g/mol. The van der Waals surface area contributed by atoms with Crippen molar-refractivity contribution < 1.29 is 9.18 Å². The second-order valence-electron chi connectivity index (χ2n) is 4.94. The first-order valence-electron chi connectivity index (χ1n) is 7.20. The summed E-state index contributed by atoms with van der Waals surface area (Å²) < 4.78 is 13.2. The van der Waals surface area contributed by atoms with Crippen molar-refractivity contribution in [3.05, 3.63) is 66.4 Å². The third-order valence-corrected chi connectivity index (χ3v) is 3.35. The molecule has 116 valence electrons. The highest BCUT2D eigenvalue weighted by Gasteiger charge is 2.05. The number of anilines is 1. The molecule has 0 radical (unpaired) electrons. The van der Waals surface area contributed by atoms with Gasteiger partial charge in [0.25, 0.3) is 5.91 Å². The minimum absolute atomic E-state index is 0.165. The van der Waals surface area contributed by atoms with Crippen molar-refractivity contribution in [2.45, 2.75) is 0 Å². The molecule has 1 aromatic carbocycles. The maximum atomic E-state index is 13.2. The molecule has 0 aliphatic rings.